The Kier molecular flexibility index (Phi) is 1.99. The van der Waals surface area contributed by atoms with E-state index in [2.05, 4.69) is 10.1 Å². The first kappa shape index (κ1) is 10.6. The molecule has 2 aromatic heterocycles. The van der Waals surface area contributed by atoms with Crippen LogP contribution in [0.4, 0.5) is 13.2 Å². The van der Waals surface area contributed by atoms with Crippen LogP contribution in [-0.2, 0) is 6.18 Å². The molecule has 0 aliphatic heterocycles. The van der Waals surface area contributed by atoms with Gasteiger partial charge in [0.1, 0.15) is 0 Å². The number of fused-ring (bicyclic) bond motifs is 1. The maximum Gasteiger partial charge on any atom is 0.417 e. The van der Waals surface area contributed by atoms with Gasteiger partial charge in [0.25, 0.3) is 5.71 Å². The molecule has 0 atom stereocenters. The molecule has 2 heterocycles. The summed E-state index contributed by atoms with van der Waals surface area (Å²) in [6.45, 7) is 1.51. The summed E-state index contributed by atoms with van der Waals surface area (Å²) >= 11 is 0. The molecule has 2 aromatic rings. The van der Waals surface area contributed by atoms with Crippen molar-refractivity contribution in [3.05, 3.63) is 23.0 Å². The predicted octanol–water partition coefficient (Wildman–Crippen LogP) is 3.43. The minimum atomic E-state index is -4.40. The zero-order chi connectivity index (χ0) is 12.2. The van der Waals surface area contributed by atoms with E-state index in [0.29, 0.717) is 5.69 Å². The molecule has 0 bridgehead atoms. The smallest absolute Gasteiger partial charge is 0.336 e. The molecule has 90 valence electrons. The molecular weight excluding hydrogens is 233 g/mol. The molecule has 3 nitrogen and oxygen atoms in total. The highest BCUT2D eigenvalue weighted by Crippen LogP contribution is 2.45. The quantitative estimate of drug-likeness (QED) is 0.769. The van der Waals surface area contributed by atoms with Crippen LogP contribution >= 0.6 is 0 Å². The van der Waals surface area contributed by atoms with Gasteiger partial charge in [-0.25, -0.2) is 4.98 Å². The van der Waals surface area contributed by atoms with E-state index in [-0.39, 0.29) is 22.7 Å². The third kappa shape index (κ3) is 1.67. The van der Waals surface area contributed by atoms with Gasteiger partial charge >= 0.3 is 6.18 Å². The molecule has 3 rings (SSSR count). The lowest BCUT2D eigenvalue weighted by Gasteiger charge is -2.08. The first-order valence-corrected chi connectivity index (χ1v) is 5.31. The summed E-state index contributed by atoms with van der Waals surface area (Å²) in [5, 5.41) is 3.77. The number of alkyl halides is 3. The van der Waals surface area contributed by atoms with Crippen LogP contribution in [0.1, 0.15) is 35.7 Å². The van der Waals surface area contributed by atoms with E-state index in [4.69, 9.17) is 4.52 Å². The molecule has 6 heteroatoms. The SMILES string of the molecule is Cc1cc(C(F)(F)F)c2c(C3CC3)noc2n1. The molecule has 17 heavy (non-hydrogen) atoms. The van der Waals surface area contributed by atoms with Gasteiger partial charge in [-0.1, -0.05) is 5.16 Å². The van der Waals surface area contributed by atoms with Gasteiger partial charge in [-0.3, -0.25) is 0 Å². The Morgan fingerprint density at radius 3 is 2.65 bits per heavy atom. The number of aryl methyl sites for hydroxylation is 1. The summed E-state index contributed by atoms with van der Waals surface area (Å²) in [6.07, 6.45) is -2.67. The normalized spacial score (nSPS) is 16.7. The van der Waals surface area contributed by atoms with Crippen molar-refractivity contribution in [2.24, 2.45) is 0 Å². The second-order valence-corrected chi connectivity index (χ2v) is 4.33. The maximum absolute atomic E-state index is 12.9. The zero-order valence-corrected chi connectivity index (χ0v) is 9.01. The summed E-state index contributed by atoms with van der Waals surface area (Å²) in [6, 6.07) is 1.05. The van der Waals surface area contributed by atoms with Crippen LogP contribution in [0, 0.1) is 6.92 Å². The topological polar surface area (TPSA) is 38.9 Å². The fourth-order valence-corrected chi connectivity index (χ4v) is 1.96. The van der Waals surface area contributed by atoms with Gasteiger partial charge in [0.05, 0.1) is 16.6 Å². The standard InChI is InChI=1S/C11H9F3N2O/c1-5-4-7(11(12,13)14)8-9(6-2-3-6)16-17-10(8)15-5/h4,6H,2-3H2,1H3. The van der Waals surface area contributed by atoms with Crippen LogP contribution in [0.3, 0.4) is 0 Å². The Morgan fingerprint density at radius 1 is 1.35 bits per heavy atom. The lowest BCUT2D eigenvalue weighted by molar-refractivity contribution is -0.136. The number of pyridine rings is 1. The summed E-state index contributed by atoms with van der Waals surface area (Å²) in [5.74, 6) is 0.0989. The third-order valence-electron chi connectivity index (χ3n) is 2.87. The number of halogens is 3. The van der Waals surface area contributed by atoms with Crippen LogP contribution in [0.2, 0.25) is 0 Å². The molecule has 1 fully saturated rings. The van der Waals surface area contributed by atoms with Crippen molar-refractivity contribution in [3.63, 3.8) is 0 Å². The zero-order valence-electron chi connectivity index (χ0n) is 9.01. The molecule has 0 aromatic carbocycles. The van der Waals surface area contributed by atoms with Gasteiger partial charge in [-0.15, -0.1) is 0 Å². The third-order valence-corrected chi connectivity index (χ3v) is 2.87. The minimum absolute atomic E-state index is 0.0146. The number of aromatic nitrogens is 2. The number of hydrogen-bond donors (Lipinski definition) is 0. The number of nitrogens with zero attached hydrogens (tertiary/aromatic N) is 2. The molecule has 0 N–H and O–H groups in total. The highest BCUT2D eigenvalue weighted by Gasteiger charge is 2.38. The van der Waals surface area contributed by atoms with E-state index in [1.165, 1.54) is 6.92 Å². The summed E-state index contributed by atoms with van der Waals surface area (Å²) in [5.41, 5.74) is -0.0227. The summed E-state index contributed by atoms with van der Waals surface area (Å²) in [4.78, 5) is 3.95. The van der Waals surface area contributed by atoms with Crippen molar-refractivity contribution in [2.75, 3.05) is 0 Å². The van der Waals surface area contributed by atoms with Gasteiger partial charge in [-0.05, 0) is 25.8 Å². The van der Waals surface area contributed by atoms with Crippen molar-refractivity contribution in [1.82, 2.24) is 10.1 Å². The lowest BCUT2D eigenvalue weighted by atomic mass is 10.1. The van der Waals surface area contributed by atoms with Crippen molar-refractivity contribution < 1.29 is 17.7 Å². The average molecular weight is 242 g/mol. The summed E-state index contributed by atoms with van der Waals surface area (Å²) in [7, 11) is 0. The fraction of sp³-hybridized carbons (Fsp3) is 0.455. The van der Waals surface area contributed by atoms with Crippen molar-refractivity contribution in [2.45, 2.75) is 31.9 Å². The molecule has 0 radical (unpaired) electrons. The van der Waals surface area contributed by atoms with Crippen LogP contribution in [0.5, 0.6) is 0 Å². The van der Waals surface area contributed by atoms with Gasteiger partial charge in [-0.2, -0.15) is 13.2 Å². The first-order valence-electron chi connectivity index (χ1n) is 5.31. The Morgan fingerprint density at radius 2 is 2.06 bits per heavy atom. The Balaban J connectivity index is 2.33. The van der Waals surface area contributed by atoms with E-state index in [9.17, 15) is 13.2 Å². The van der Waals surface area contributed by atoms with E-state index >= 15 is 0 Å². The molecule has 1 aliphatic carbocycles. The molecule has 0 amide bonds. The van der Waals surface area contributed by atoms with Crippen molar-refractivity contribution in [3.8, 4) is 0 Å². The van der Waals surface area contributed by atoms with Crippen molar-refractivity contribution in [1.29, 1.82) is 0 Å². The largest absolute Gasteiger partial charge is 0.417 e. The van der Waals surface area contributed by atoms with E-state index in [1.807, 2.05) is 0 Å². The summed E-state index contributed by atoms with van der Waals surface area (Å²) < 4.78 is 43.7. The van der Waals surface area contributed by atoms with E-state index in [0.717, 1.165) is 18.9 Å². The molecule has 1 saturated carbocycles. The molecule has 1 aliphatic rings. The maximum atomic E-state index is 12.9. The minimum Gasteiger partial charge on any atom is -0.336 e. The predicted molar refractivity (Wildman–Crippen MR) is 53.5 cm³/mol. The highest BCUT2D eigenvalue weighted by atomic mass is 19.4. The number of rotatable bonds is 1. The van der Waals surface area contributed by atoms with Crippen LogP contribution < -0.4 is 0 Å². The van der Waals surface area contributed by atoms with Crippen LogP contribution in [0.25, 0.3) is 11.1 Å². The van der Waals surface area contributed by atoms with Gasteiger partial charge in [0.2, 0.25) is 0 Å². The molecule has 0 spiro atoms. The molecule has 0 saturated heterocycles. The van der Waals surface area contributed by atoms with Gasteiger partial charge in [0.15, 0.2) is 0 Å². The van der Waals surface area contributed by atoms with Gasteiger partial charge < -0.3 is 4.52 Å². The monoisotopic (exact) mass is 242 g/mol. The Labute approximate surface area is 94.6 Å². The lowest BCUT2D eigenvalue weighted by Crippen LogP contribution is -2.07. The van der Waals surface area contributed by atoms with Crippen molar-refractivity contribution >= 4 is 11.1 Å². The van der Waals surface area contributed by atoms with E-state index < -0.39 is 11.7 Å². The van der Waals surface area contributed by atoms with Crippen LogP contribution in [-0.4, -0.2) is 10.1 Å². The van der Waals surface area contributed by atoms with Crippen LogP contribution in [0.15, 0.2) is 10.6 Å². The highest BCUT2D eigenvalue weighted by molar-refractivity contribution is 5.81. The fourth-order valence-electron chi connectivity index (χ4n) is 1.96. The molecular formula is C11H9F3N2O. The van der Waals surface area contributed by atoms with E-state index in [1.54, 1.807) is 0 Å². The first-order chi connectivity index (χ1) is 7.97. The second kappa shape index (κ2) is 3.21. The van der Waals surface area contributed by atoms with Gasteiger partial charge in [0, 0.05) is 11.6 Å². The average Bonchev–Trinajstić information content (AvgIpc) is 2.97. The number of hydrogen-bond acceptors (Lipinski definition) is 3. The Hall–Kier alpha value is -1.59. The second-order valence-electron chi connectivity index (χ2n) is 4.33. The Bertz CT molecular complexity index is 584. The molecule has 0 unspecified atom stereocenters.